The second kappa shape index (κ2) is 12.4. The maximum Gasteiger partial charge on any atom is 0.442 e. The summed E-state index contributed by atoms with van der Waals surface area (Å²) in [4.78, 5) is 41.0. The largest absolute Gasteiger partial charge is 0.464 e. The lowest BCUT2D eigenvalue weighted by molar-refractivity contribution is -0.147. The molecule has 0 fully saturated rings. The van der Waals surface area contributed by atoms with Crippen molar-refractivity contribution in [2.45, 2.75) is 25.6 Å². The highest BCUT2D eigenvalue weighted by Crippen LogP contribution is 2.25. The van der Waals surface area contributed by atoms with Gasteiger partial charge in [0, 0.05) is 12.1 Å². The van der Waals surface area contributed by atoms with E-state index in [1.807, 2.05) is 5.32 Å². The SMILES string of the molecule is CCOC(=O)[C@H](Cc1ccc(NC(=O)c2c(Cl)cccc2Cl)cc1)NC(=O)C(=NOC)C(F)(F)F. The van der Waals surface area contributed by atoms with Crippen molar-refractivity contribution in [3.63, 3.8) is 0 Å². The predicted octanol–water partition coefficient (Wildman–Crippen LogP) is 4.40. The van der Waals surface area contributed by atoms with Crippen LogP contribution in [0, 0.1) is 0 Å². The number of carbonyl (C=O) groups is 3. The van der Waals surface area contributed by atoms with Crippen LogP contribution in [0.15, 0.2) is 47.6 Å². The van der Waals surface area contributed by atoms with Crippen LogP contribution in [0.3, 0.4) is 0 Å². The number of hydrogen-bond donors (Lipinski definition) is 2. The highest BCUT2D eigenvalue weighted by Gasteiger charge is 2.43. The average molecular weight is 534 g/mol. The number of benzene rings is 2. The van der Waals surface area contributed by atoms with Gasteiger partial charge in [-0.05, 0) is 36.8 Å². The van der Waals surface area contributed by atoms with Crippen LogP contribution in [0.2, 0.25) is 10.0 Å². The second-order valence-corrected chi connectivity index (χ2v) is 7.66. The Balaban J connectivity index is 2.17. The summed E-state index contributed by atoms with van der Waals surface area (Å²) < 4.78 is 44.1. The van der Waals surface area contributed by atoms with E-state index in [9.17, 15) is 27.6 Å². The third-order valence-corrected chi connectivity index (χ3v) is 5.01. The number of esters is 1. The predicted molar refractivity (Wildman–Crippen MR) is 124 cm³/mol. The average Bonchev–Trinajstić information content (AvgIpc) is 2.77. The minimum Gasteiger partial charge on any atom is -0.464 e. The molecule has 0 unspecified atom stereocenters. The van der Waals surface area contributed by atoms with E-state index in [1.54, 1.807) is 6.07 Å². The van der Waals surface area contributed by atoms with Crippen molar-refractivity contribution in [1.29, 1.82) is 0 Å². The number of nitrogens with zero attached hydrogens (tertiary/aromatic N) is 1. The van der Waals surface area contributed by atoms with Gasteiger partial charge in [-0.1, -0.05) is 46.6 Å². The smallest absolute Gasteiger partial charge is 0.442 e. The molecule has 0 saturated carbocycles. The normalized spacial score (nSPS) is 12.5. The van der Waals surface area contributed by atoms with Crippen molar-refractivity contribution >= 4 is 52.4 Å². The van der Waals surface area contributed by atoms with Gasteiger partial charge in [-0.2, -0.15) is 13.2 Å². The second-order valence-electron chi connectivity index (χ2n) is 6.85. The summed E-state index contributed by atoms with van der Waals surface area (Å²) in [6, 6.07) is 9.17. The number of nitrogens with one attached hydrogen (secondary N) is 2. The van der Waals surface area contributed by atoms with Gasteiger partial charge in [-0.15, -0.1) is 0 Å². The summed E-state index contributed by atoms with van der Waals surface area (Å²) in [7, 11) is 0.849. The maximum atomic E-state index is 13.1. The summed E-state index contributed by atoms with van der Waals surface area (Å²) >= 11 is 12.1. The van der Waals surface area contributed by atoms with Crippen molar-refractivity contribution in [2.24, 2.45) is 5.16 Å². The Hall–Kier alpha value is -3.31. The number of carbonyl (C=O) groups excluding carboxylic acids is 3. The Labute approximate surface area is 208 Å². The molecule has 35 heavy (non-hydrogen) atoms. The fourth-order valence-electron chi connectivity index (χ4n) is 2.84. The Bertz CT molecular complexity index is 1090. The minimum absolute atomic E-state index is 0.0565. The van der Waals surface area contributed by atoms with Crippen molar-refractivity contribution < 1.29 is 37.1 Å². The topological polar surface area (TPSA) is 106 Å². The van der Waals surface area contributed by atoms with Gasteiger partial charge in [-0.25, -0.2) is 4.79 Å². The van der Waals surface area contributed by atoms with E-state index in [0.29, 0.717) is 11.3 Å². The molecule has 8 nitrogen and oxygen atoms in total. The highest BCUT2D eigenvalue weighted by atomic mass is 35.5. The minimum atomic E-state index is -5.11. The van der Waals surface area contributed by atoms with Crippen molar-refractivity contribution in [1.82, 2.24) is 5.32 Å². The van der Waals surface area contributed by atoms with Crippen LogP contribution in [0.4, 0.5) is 18.9 Å². The summed E-state index contributed by atoms with van der Waals surface area (Å²) in [6.45, 7) is 1.45. The first-order chi connectivity index (χ1) is 16.5. The number of oxime groups is 1. The first kappa shape index (κ1) is 27.9. The van der Waals surface area contributed by atoms with Crippen LogP contribution in [-0.4, -0.2) is 49.4 Å². The first-order valence-electron chi connectivity index (χ1n) is 9.98. The number of anilines is 1. The molecule has 0 saturated heterocycles. The van der Waals surface area contributed by atoms with E-state index in [1.165, 1.54) is 43.3 Å². The molecule has 0 aromatic heterocycles. The fraction of sp³-hybridized carbons (Fsp3) is 0.273. The van der Waals surface area contributed by atoms with Crippen LogP contribution in [0.25, 0.3) is 0 Å². The van der Waals surface area contributed by atoms with Gasteiger partial charge < -0.3 is 20.2 Å². The fourth-order valence-corrected chi connectivity index (χ4v) is 3.41. The molecule has 0 aliphatic rings. The van der Waals surface area contributed by atoms with Gasteiger partial charge in [0.25, 0.3) is 11.8 Å². The molecular weight excluding hydrogens is 514 g/mol. The van der Waals surface area contributed by atoms with Gasteiger partial charge in [-0.3, -0.25) is 9.59 Å². The summed E-state index contributed by atoms with van der Waals surface area (Å²) in [5.74, 6) is -3.15. The summed E-state index contributed by atoms with van der Waals surface area (Å²) in [5.41, 5.74) is -0.957. The summed E-state index contributed by atoms with van der Waals surface area (Å²) in [6.07, 6.45) is -5.31. The maximum absolute atomic E-state index is 13.1. The first-order valence-corrected chi connectivity index (χ1v) is 10.7. The molecule has 0 bridgehead atoms. The van der Waals surface area contributed by atoms with E-state index in [-0.39, 0.29) is 28.6 Å². The number of rotatable bonds is 9. The van der Waals surface area contributed by atoms with Crippen LogP contribution in [-0.2, 0) is 25.6 Å². The van der Waals surface area contributed by atoms with Crippen LogP contribution >= 0.6 is 23.2 Å². The molecule has 0 aliphatic heterocycles. The molecule has 1 atom stereocenters. The molecule has 0 heterocycles. The highest BCUT2D eigenvalue weighted by molar-refractivity contribution is 6.41. The van der Waals surface area contributed by atoms with Crippen LogP contribution in [0.1, 0.15) is 22.8 Å². The molecule has 2 aromatic rings. The molecule has 2 N–H and O–H groups in total. The molecule has 2 aromatic carbocycles. The van der Waals surface area contributed by atoms with E-state index >= 15 is 0 Å². The Morgan fingerprint density at radius 1 is 1.06 bits per heavy atom. The monoisotopic (exact) mass is 533 g/mol. The van der Waals surface area contributed by atoms with Gasteiger partial charge >= 0.3 is 12.1 Å². The zero-order chi connectivity index (χ0) is 26.2. The van der Waals surface area contributed by atoms with Gasteiger partial charge in [0.05, 0.1) is 22.2 Å². The van der Waals surface area contributed by atoms with E-state index in [0.717, 1.165) is 7.11 Å². The Kier molecular flexibility index (Phi) is 9.90. The molecule has 2 amide bonds. The molecular formula is C22H20Cl2F3N3O5. The number of amides is 2. The molecule has 2 rings (SSSR count). The van der Waals surface area contributed by atoms with E-state index in [4.69, 9.17) is 27.9 Å². The van der Waals surface area contributed by atoms with Gasteiger partial charge in [0.2, 0.25) is 5.71 Å². The lowest BCUT2D eigenvalue weighted by atomic mass is 10.0. The number of halogens is 5. The van der Waals surface area contributed by atoms with Crippen LogP contribution < -0.4 is 10.6 Å². The zero-order valence-corrected chi connectivity index (χ0v) is 19.9. The van der Waals surface area contributed by atoms with Crippen molar-refractivity contribution in [2.75, 3.05) is 19.0 Å². The number of alkyl halides is 3. The van der Waals surface area contributed by atoms with Crippen molar-refractivity contribution in [3.05, 3.63) is 63.6 Å². The van der Waals surface area contributed by atoms with Gasteiger partial charge in [0.15, 0.2) is 0 Å². The van der Waals surface area contributed by atoms with E-state index < -0.39 is 35.7 Å². The Morgan fingerprint density at radius 3 is 2.17 bits per heavy atom. The molecule has 0 aliphatic carbocycles. The van der Waals surface area contributed by atoms with Gasteiger partial charge in [0.1, 0.15) is 13.2 Å². The van der Waals surface area contributed by atoms with Crippen LogP contribution in [0.5, 0.6) is 0 Å². The molecule has 188 valence electrons. The summed E-state index contributed by atoms with van der Waals surface area (Å²) in [5, 5.41) is 7.63. The third kappa shape index (κ3) is 7.86. The third-order valence-electron chi connectivity index (χ3n) is 4.38. The molecule has 13 heteroatoms. The molecule has 0 spiro atoms. The lowest BCUT2D eigenvalue weighted by Crippen LogP contribution is -2.49. The standard InChI is InChI=1S/C22H20Cl2F3N3O5/c1-3-35-21(33)16(29-20(32)18(30-34-2)22(25,26)27)11-12-7-9-13(10-8-12)28-19(31)17-14(23)5-4-6-15(17)24/h4-10,16H,3,11H2,1-2H3,(H,28,31)(H,29,32)/t16-/m0/s1. The van der Waals surface area contributed by atoms with E-state index in [2.05, 4.69) is 15.3 Å². The number of ether oxygens (including phenoxy) is 1. The van der Waals surface area contributed by atoms with Crippen molar-refractivity contribution in [3.8, 4) is 0 Å². The molecule has 0 radical (unpaired) electrons. The Morgan fingerprint density at radius 2 is 1.66 bits per heavy atom. The lowest BCUT2D eigenvalue weighted by Gasteiger charge is -2.18. The number of hydrogen-bond acceptors (Lipinski definition) is 6. The zero-order valence-electron chi connectivity index (χ0n) is 18.4. The quantitative estimate of drug-likeness (QED) is 0.282.